The summed E-state index contributed by atoms with van der Waals surface area (Å²) in [6.45, 7) is 0.928. The molecule has 1 aromatic heterocycles. The van der Waals surface area contributed by atoms with Gasteiger partial charge in [0.15, 0.2) is 0 Å². The molecule has 3 rings (SSSR count). The number of rotatable bonds is 8. The molecule has 1 aliphatic rings. The van der Waals surface area contributed by atoms with Crippen LogP contribution in [0.3, 0.4) is 0 Å². The summed E-state index contributed by atoms with van der Waals surface area (Å²) in [6.07, 6.45) is 10.4. The van der Waals surface area contributed by atoms with Crippen molar-refractivity contribution in [2.45, 2.75) is 51.0 Å². The highest BCUT2D eigenvalue weighted by Gasteiger charge is 2.15. The Morgan fingerprint density at radius 1 is 1.04 bits per heavy atom. The van der Waals surface area contributed by atoms with Crippen molar-refractivity contribution in [3.05, 3.63) is 48.3 Å². The summed E-state index contributed by atoms with van der Waals surface area (Å²) in [5, 5.41) is 12.9. The lowest BCUT2D eigenvalue weighted by molar-refractivity contribution is -0.120. The smallest absolute Gasteiger partial charge is 0.315 e. The summed E-state index contributed by atoms with van der Waals surface area (Å²) in [7, 11) is 0. The van der Waals surface area contributed by atoms with Crippen LogP contribution in [0.2, 0.25) is 0 Å². The number of aromatic nitrogens is 2. The van der Waals surface area contributed by atoms with Crippen LogP contribution in [0, 0.1) is 0 Å². The van der Waals surface area contributed by atoms with Crippen molar-refractivity contribution < 1.29 is 9.59 Å². The van der Waals surface area contributed by atoms with Gasteiger partial charge in [0.05, 0.1) is 5.69 Å². The Bertz CT molecular complexity index is 737. The number of nitrogens with zero attached hydrogens (tertiary/aromatic N) is 2. The maximum atomic E-state index is 11.9. The van der Waals surface area contributed by atoms with Crippen molar-refractivity contribution in [2.24, 2.45) is 0 Å². The Balaban J connectivity index is 1.27. The van der Waals surface area contributed by atoms with E-state index >= 15 is 0 Å². The van der Waals surface area contributed by atoms with Gasteiger partial charge in [0.1, 0.15) is 0 Å². The Labute approximate surface area is 165 Å². The zero-order valence-electron chi connectivity index (χ0n) is 16.2. The third-order valence-electron chi connectivity index (χ3n) is 5.02. The third-order valence-corrected chi connectivity index (χ3v) is 5.02. The SMILES string of the molecule is O=C(CCNC(=O)NC1CCCCC1)NCCc1ccc(-n2cccn2)cc1. The molecule has 1 saturated carbocycles. The van der Waals surface area contributed by atoms with Gasteiger partial charge in [-0.15, -0.1) is 0 Å². The topological polar surface area (TPSA) is 88.0 Å². The lowest BCUT2D eigenvalue weighted by atomic mass is 9.96. The first-order valence-electron chi connectivity index (χ1n) is 10.1. The minimum atomic E-state index is -0.169. The van der Waals surface area contributed by atoms with E-state index in [1.54, 1.807) is 6.20 Å². The Kier molecular flexibility index (Phi) is 7.46. The number of urea groups is 1. The Hall–Kier alpha value is -2.83. The number of nitrogens with one attached hydrogen (secondary N) is 3. The van der Waals surface area contributed by atoms with E-state index in [0.717, 1.165) is 30.5 Å². The monoisotopic (exact) mass is 383 g/mol. The summed E-state index contributed by atoms with van der Waals surface area (Å²) in [6, 6.07) is 10.1. The van der Waals surface area contributed by atoms with E-state index in [9.17, 15) is 9.59 Å². The van der Waals surface area contributed by atoms with Gasteiger partial charge < -0.3 is 16.0 Å². The lowest BCUT2D eigenvalue weighted by Gasteiger charge is -2.22. The van der Waals surface area contributed by atoms with Gasteiger partial charge in [0.2, 0.25) is 5.91 Å². The number of hydrogen-bond donors (Lipinski definition) is 3. The molecule has 0 unspecified atom stereocenters. The van der Waals surface area contributed by atoms with Crippen LogP contribution < -0.4 is 16.0 Å². The van der Waals surface area contributed by atoms with E-state index in [-0.39, 0.29) is 24.4 Å². The van der Waals surface area contributed by atoms with Crippen molar-refractivity contribution in [1.29, 1.82) is 0 Å². The molecule has 0 radical (unpaired) electrons. The number of amides is 3. The lowest BCUT2D eigenvalue weighted by Crippen LogP contribution is -2.43. The van der Waals surface area contributed by atoms with Gasteiger partial charge in [-0.3, -0.25) is 4.79 Å². The van der Waals surface area contributed by atoms with Gasteiger partial charge in [0.25, 0.3) is 0 Å². The second-order valence-corrected chi connectivity index (χ2v) is 7.20. The first-order valence-corrected chi connectivity index (χ1v) is 10.1. The van der Waals surface area contributed by atoms with Crippen LogP contribution in [0.5, 0.6) is 0 Å². The normalized spacial score (nSPS) is 14.4. The van der Waals surface area contributed by atoms with Gasteiger partial charge in [0, 0.05) is 37.9 Å². The minimum absolute atomic E-state index is 0.0499. The summed E-state index contributed by atoms with van der Waals surface area (Å²) in [4.78, 5) is 23.8. The minimum Gasteiger partial charge on any atom is -0.356 e. The molecule has 7 nitrogen and oxygen atoms in total. The molecule has 150 valence electrons. The van der Waals surface area contributed by atoms with E-state index in [0.29, 0.717) is 13.1 Å². The van der Waals surface area contributed by atoms with Gasteiger partial charge in [-0.2, -0.15) is 5.10 Å². The average Bonchev–Trinajstić information content (AvgIpc) is 3.24. The maximum absolute atomic E-state index is 11.9. The van der Waals surface area contributed by atoms with E-state index in [2.05, 4.69) is 21.0 Å². The van der Waals surface area contributed by atoms with E-state index in [4.69, 9.17) is 0 Å². The van der Waals surface area contributed by atoms with Crippen molar-refractivity contribution in [1.82, 2.24) is 25.7 Å². The molecular weight excluding hydrogens is 354 g/mol. The van der Waals surface area contributed by atoms with E-state index in [1.807, 2.05) is 41.2 Å². The fourth-order valence-corrected chi connectivity index (χ4v) is 3.44. The van der Waals surface area contributed by atoms with Crippen molar-refractivity contribution in [2.75, 3.05) is 13.1 Å². The second-order valence-electron chi connectivity index (χ2n) is 7.20. The van der Waals surface area contributed by atoms with Gasteiger partial charge >= 0.3 is 6.03 Å². The maximum Gasteiger partial charge on any atom is 0.315 e. The zero-order valence-corrected chi connectivity index (χ0v) is 16.2. The molecule has 7 heteroatoms. The molecule has 0 aliphatic heterocycles. The highest BCUT2D eigenvalue weighted by molar-refractivity contribution is 5.78. The van der Waals surface area contributed by atoms with Crippen LogP contribution in [-0.2, 0) is 11.2 Å². The number of carbonyl (C=O) groups excluding carboxylic acids is 2. The number of benzene rings is 1. The largest absolute Gasteiger partial charge is 0.356 e. The third kappa shape index (κ3) is 6.40. The Morgan fingerprint density at radius 3 is 2.54 bits per heavy atom. The fourth-order valence-electron chi connectivity index (χ4n) is 3.44. The number of hydrogen-bond acceptors (Lipinski definition) is 3. The predicted molar refractivity (Wildman–Crippen MR) is 108 cm³/mol. The molecule has 0 spiro atoms. The van der Waals surface area contributed by atoms with Crippen LogP contribution in [0.4, 0.5) is 4.79 Å². The molecule has 2 aromatic rings. The molecule has 1 heterocycles. The van der Waals surface area contributed by atoms with Gasteiger partial charge in [-0.1, -0.05) is 31.4 Å². The van der Waals surface area contributed by atoms with Crippen molar-refractivity contribution in [3.63, 3.8) is 0 Å². The van der Waals surface area contributed by atoms with Gasteiger partial charge in [-0.25, -0.2) is 9.48 Å². The first-order chi connectivity index (χ1) is 13.7. The molecule has 28 heavy (non-hydrogen) atoms. The molecule has 3 N–H and O–H groups in total. The van der Waals surface area contributed by atoms with Crippen molar-refractivity contribution >= 4 is 11.9 Å². The summed E-state index contributed by atoms with van der Waals surface area (Å²) >= 11 is 0. The molecule has 1 fully saturated rings. The summed E-state index contributed by atoms with van der Waals surface area (Å²) < 4.78 is 1.81. The molecule has 0 bridgehead atoms. The second kappa shape index (κ2) is 10.5. The van der Waals surface area contributed by atoms with Crippen LogP contribution in [0.15, 0.2) is 42.7 Å². The zero-order chi connectivity index (χ0) is 19.6. The first kappa shape index (κ1) is 19.9. The van der Waals surface area contributed by atoms with Crippen LogP contribution in [0.1, 0.15) is 44.1 Å². The Morgan fingerprint density at radius 2 is 1.82 bits per heavy atom. The molecule has 1 aliphatic carbocycles. The van der Waals surface area contributed by atoms with Crippen LogP contribution >= 0.6 is 0 Å². The molecular formula is C21H29N5O2. The summed E-state index contributed by atoms with van der Waals surface area (Å²) in [5.41, 5.74) is 2.16. The molecule has 3 amide bonds. The molecule has 0 atom stereocenters. The highest BCUT2D eigenvalue weighted by Crippen LogP contribution is 2.17. The summed E-state index contributed by atoms with van der Waals surface area (Å²) in [5.74, 6) is -0.0499. The fraction of sp³-hybridized carbons (Fsp3) is 0.476. The van der Waals surface area contributed by atoms with E-state index < -0.39 is 0 Å². The molecule has 1 aromatic carbocycles. The molecule has 0 saturated heterocycles. The standard InChI is InChI=1S/C21H29N5O2/c27-20(12-15-23-21(28)25-18-5-2-1-3-6-18)22-14-11-17-7-9-19(10-8-17)26-16-4-13-24-26/h4,7-10,13,16,18H,1-3,5-6,11-12,14-15H2,(H,22,27)(H2,23,25,28). The quantitative estimate of drug-likeness (QED) is 0.655. The van der Waals surface area contributed by atoms with Crippen molar-refractivity contribution in [3.8, 4) is 5.69 Å². The van der Waals surface area contributed by atoms with E-state index in [1.165, 1.54) is 19.3 Å². The predicted octanol–water partition coefficient (Wildman–Crippen LogP) is 2.55. The van der Waals surface area contributed by atoms with Gasteiger partial charge in [-0.05, 0) is 43.0 Å². The number of carbonyl (C=O) groups is 2. The average molecular weight is 383 g/mol. The highest BCUT2D eigenvalue weighted by atomic mass is 16.2. The van der Waals surface area contributed by atoms with Crippen LogP contribution in [-0.4, -0.2) is 40.9 Å². The van der Waals surface area contributed by atoms with Crippen LogP contribution in [0.25, 0.3) is 5.69 Å².